The third kappa shape index (κ3) is 4.29. The molecule has 0 aromatic rings. The zero-order valence-corrected chi connectivity index (χ0v) is 10.3. The van der Waals surface area contributed by atoms with E-state index in [2.05, 4.69) is 0 Å². The number of rotatable bonds is 4. The summed E-state index contributed by atoms with van der Waals surface area (Å²) in [6.07, 6.45) is 0.367. The van der Waals surface area contributed by atoms with Crippen LogP contribution < -0.4 is 0 Å². The van der Waals surface area contributed by atoms with Crippen LogP contribution in [0.1, 0.15) is 6.42 Å². The first-order valence-corrected chi connectivity index (χ1v) is 6.80. The number of amides is 1. The van der Waals surface area contributed by atoms with E-state index in [1.54, 1.807) is 11.9 Å². The highest BCUT2D eigenvalue weighted by Crippen LogP contribution is 2.00. The van der Waals surface area contributed by atoms with Crippen LogP contribution in [0.25, 0.3) is 0 Å². The Morgan fingerprint density at radius 1 is 1.50 bits per heavy atom. The zero-order valence-electron chi connectivity index (χ0n) is 9.52. The van der Waals surface area contributed by atoms with Crippen LogP contribution in [-0.2, 0) is 15.6 Å². The SMILES string of the molecule is CN(CCC#N)C(=O)CN1CCS(=O)CC1. The fraction of sp³-hybridized carbons (Fsp3) is 0.800. The average molecular weight is 243 g/mol. The summed E-state index contributed by atoms with van der Waals surface area (Å²) in [5, 5.41) is 8.42. The van der Waals surface area contributed by atoms with E-state index in [1.807, 2.05) is 11.0 Å². The van der Waals surface area contributed by atoms with Gasteiger partial charge in [-0.1, -0.05) is 0 Å². The van der Waals surface area contributed by atoms with Gasteiger partial charge in [0.05, 0.1) is 19.0 Å². The maximum Gasteiger partial charge on any atom is 0.236 e. The van der Waals surface area contributed by atoms with Gasteiger partial charge in [-0.3, -0.25) is 13.9 Å². The standard InChI is InChI=1S/C10H17N3O2S/c1-12(4-2-3-11)10(14)9-13-5-7-16(15)8-6-13/h2,4-9H2,1H3. The Balaban J connectivity index is 2.28. The Labute approximate surface area is 98.5 Å². The van der Waals surface area contributed by atoms with E-state index in [0.29, 0.717) is 31.0 Å². The van der Waals surface area contributed by atoms with Crippen molar-refractivity contribution in [1.82, 2.24) is 9.80 Å². The van der Waals surface area contributed by atoms with Crippen molar-refractivity contribution in [3.8, 4) is 6.07 Å². The first-order chi connectivity index (χ1) is 7.63. The van der Waals surface area contributed by atoms with Gasteiger partial charge in [0, 0.05) is 49.0 Å². The number of carbonyl (C=O) groups is 1. The predicted octanol–water partition coefficient (Wildman–Crippen LogP) is -0.577. The van der Waals surface area contributed by atoms with Crippen molar-refractivity contribution < 1.29 is 9.00 Å². The summed E-state index contributed by atoms with van der Waals surface area (Å²) in [5.41, 5.74) is 0. The normalized spacial score (nSPS) is 18.0. The lowest BCUT2D eigenvalue weighted by molar-refractivity contribution is -0.131. The summed E-state index contributed by atoms with van der Waals surface area (Å²) in [6.45, 7) is 2.31. The third-order valence-electron chi connectivity index (χ3n) is 2.61. The number of carbonyl (C=O) groups excluding carboxylic acids is 1. The first kappa shape index (κ1) is 13.1. The van der Waals surface area contributed by atoms with Gasteiger partial charge in [-0.25, -0.2) is 0 Å². The van der Waals surface area contributed by atoms with Gasteiger partial charge >= 0.3 is 0 Å². The molecule has 16 heavy (non-hydrogen) atoms. The van der Waals surface area contributed by atoms with E-state index < -0.39 is 10.8 Å². The largest absolute Gasteiger partial charge is 0.344 e. The molecule has 0 N–H and O–H groups in total. The van der Waals surface area contributed by atoms with Gasteiger partial charge in [0.2, 0.25) is 5.91 Å². The number of hydrogen-bond donors (Lipinski definition) is 0. The number of nitriles is 1. The summed E-state index contributed by atoms with van der Waals surface area (Å²) >= 11 is 0. The van der Waals surface area contributed by atoms with Crippen molar-refractivity contribution >= 4 is 16.7 Å². The quantitative estimate of drug-likeness (QED) is 0.663. The second kappa shape index (κ2) is 6.61. The second-order valence-corrected chi connectivity index (χ2v) is 5.54. The zero-order chi connectivity index (χ0) is 12.0. The van der Waals surface area contributed by atoms with Crippen molar-refractivity contribution in [3.05, 3.63) is 0 Å². The highest BCUT2D eigenvalue weighted by molar-refractivity contribution is 7.85. The highest BCUT2D eigenvalue weighted by Gasteiger charge is 2.19. The fourth-order valence-corrected chi connectivity index (χ4v) is 2.62. The summed E-state index contributed by atoms with van der Waals surface area (Å²) < 4.78 is 11.1. The van der Waals surface area contributed by atoms with Crippen molar-refractivity contribution in [2.75, 3.05) is 44.7 Å². The first-order valence-electron chi connectivity index (χ1n) is 5.31. The second-order valence-electron chi connectivity index (χ2n) is 3.85. The van der Waals surface area contributed by atoms with Crippen LogP contribution in [0.5, 0.6) is 0 Å². The van der Waals surface area contributed by atoms with Crippen LogP contribution in [0.4, 0.5) is 0 Å². The molecule has 6 heteroatoms. The molecule has 1 rings (SSSR count). The molecule has 5 nitrogen and oxygen atoms in total. The number of likely N-dealkylation sites (N-methyl/N-ethyl adjacent to an activating group) is 1. The van der Waals surface area contributed by atoms with Crippen LogP contribution in [0.15, 0.2) is 0 Å². The van der Waals surface area contributed by atoms with Crippen LogP contribution in [0.2, 0.25) is 0 Å². The molecule has 1 saturated heterocycles. The van der Waals surface area contributed by atoms with Crippen molar-refractivity contribution in [2.24, 2.45) is 0 Å². The molecule has 90 valence electrons. The molecule has 1 amide bonds. The van der Waals surface area contributed by atoms with Gasteiger partial charge in [-0.2, -0.15) is 5.26 Å². The Morgan fingerprint density at radius 3 is 2.69 bits per heavy atom. The molecular formula is C10H17N3O2S. The molecule has 0 aliphatic carbocycles. The lowest BCUT2D eigenvalue weighted by Gasteiger charge is -2.27. The third-order valence-corrected chi connectivity index (χ3v) is 3.89. The molecule has 0 bridgehead atoms. The molecule has 1 fully saturated rings. The molecule has 1 aliphatic heterocycles. The smallest absolute Gasteiger partial charge is 0.236 e. The van der Waals surface area contributed by atoms with Crippen LogP contribution in [0.3, 0.4) is 0 Å². The minimum absolute atomic E-state index is 0.0305. The van der Waals surface area contributed by atoms with Crippen LogP contribution in [0, 0.1) is 11.3 Å². The van der Waals surface area contributed by atoms with Crippen molar-refractivity contribution in [3.63, 3.8) is 0 Å². The minimum atomic E-state index is -0.701. The Kier molecular flexibility index (Phi) is 5.43. The van der Waals surface area contributed by atoms with E-state index in [-0.39, 0.29) is 5.91 Å². The number of hydrogen-bond acceptors (Lipinski definition) is 4. The number of nitrogens with zero attached hydrogens (tertiary/aromatic N) is 3. The monoisotopic (exact) mass is 243 g/mol. The van der Waals surface area contributed by atoms with Gasteiger partial charge in [-0.05, 0) is 0 Å². The van der Waals surface area contributed by atoms with Crippen LogP contribution >= 0.6 is 0 Å². The van der Waals surface area contributed by atoms with Crippen LogP contribution in [-0.4, -0.2) is 64.6 Å². The molecule has 0 saturated carbocycles. The lowest BCUT2D eigenvalue weighted by Crippen LogP contribution is -2.44. The summed E-state index contributed by atoms with van der Waals surface area (Å²) in [4.78, 5) is 15.3. The maximum absolute atomic E-state index is 11.7. The minimum Gasteiger partial charge on any atom is -0.344 e. The maximum atomic E-state index is 11.7. The summed E-state index contributed by atoms with van der Waals surface area (Å²) in [5.74, 6) is 1.35. The molecule has 0 spiro atoms. The van der Waals surface area contributed by atoms with Gasteiger partial charge < -0.3 is 4.90 Å². The molecule has 0 unspecified atom stereocenters. The average Bonchev–Trinajstić information content (AvgIpc) is 2.29. The molecule has 0 atom stereocenters. The van der Waals surface area contributed by atoms with E-state index in [1.165, 1.54) is 0 Å². The van der Waals surface area contributed by atoms with E-state index >= 15 is 0 Å². The molecule has 1 heterocycles. The molecule has 1 aliphatic rings. The van der Waals surface area contributed by atoms with Gasteiger partial charge in [0.1, 0.15) is 0 Å². The Morgan fingerprint density at radius 2 is 2.12 bits per heavy atom. The lowest BCUT2D eigenvalue weighted by atomic mass is 10.4. The van der Waals surface area contributed by atoms with E-state index in [9.17, 15) is 9.00 Å². The molecular weight excluding hydrogens is 226 g/mol. The Hall–Kier alpha value is -0.930. The molecule has 0 aromatic carbocycles. The van der Waals surface area contributed by atoms with Crippen molar-refractivity contribution in [1.29, 1.82) is 5.26 Å². The highest BCUT2D eigenvalue weighted by atomic mass is 32.2. The van der Waals surface area contributed by atoms with Gasteiger partial charge in [0.15, 0.2) is 0 Å². The molecule has 0 aromatic heterocycles. The van der Waals surface area contributed by atoms with Crippen molar-refractivity contribution in [2.45, 2.75) is 6.42 Å². The molecule has 0 radical (unpaired) electrons. The van der Waals surface area contributed by atoms with Gasteiger partial charge in [-0.15, -0.1) is 0 Å². The Bertz CT molecular complexity index is 304. The fourth-order valence-electron chi connectivity index (χ4n) is 1.49. The summed E-state index contributed by atoms with van der Waals surface area (Å²) in [7, 11) is 1.01. The summed E-state index contributed by atoms with van der Waals surface area (Å²) in [6, 6.07) is 2.02. The van der Waals surface area contributed by atoms with E-state index in [0.717, 1.165) is 13.1 Å². The van der Waals surface area contributed by atoms with E-state index in [4.69, 9.17) is 5.26 Å². The van der Waals surface area contributed by atoms with Gasteiger partial charge in [0.25, 0.3) is 0 Å². The predicted molar refractivity (Wildman–Crippen MR) is 62.2 cm³/mol. The topological polar surface area (TPSA) is 64.4 Å².